The lowest BCUT2D eigenvalue weighted by molar-refractivity contribution is 0.397. The summed E-state index contributed by atoms with van der Waals surface area (Å²) >= 11 is 0. The first kappa shape index (κ1) is 12.7. The fourth-order valence-corrected chi connectivity index (χ4v) is 2.06. The van der Waals surface area contributed by atoms with Gasteiger partial charge in [0, 0.05) is 12.5 Å². The van der Waals surface area contributed by atoms with E-state index in [4.69, 9.17) is 10.5 Å². The van der Waals surface area contributed by atoms with Crippen molar-refractivity contribution in [3.63, 3.8) is 0 Å². The molecule has 0 radical (unpaired) electrons. The maximum atomic E-state index is 6.03. The van der Waals surface area contributed by atoms with E-state index in [0.717, 1.165) is 18.7 Å². The van der Waals surface area contributed by atoms with Crippen molar-refractivity contribution in [2.45, 2.75) is 25.3 Å². The minimum atomic E-state index is 0.456. The lowest BCUT2D eigenvalue weighted by atomic mass is 10.2. The van der Waals surface area contributed by atoms with E-state index in [-0.39, 0.29) is 0 Å². The van der Waals surface area contributed by atoms with Gasteiger partial charge in [-0.2, -0.15) is 4.98 Å². The van der Waals surface area contributed by atoms with Crippen LogP contribution in [0.4, 0.5) is 11.5 Å². The third-order valence-corrected chi connectivity index (χ3v) is 3.37. The van der Waals surface area contributed by atoms with Gasteiger partial charge in [-0.15, -0.1) is 0 Å². The van der Waals surface area contributed by atoms with Crippen molar-refractivity contribution in [3.8, 4) is 5.88 Å². The van der Waals surface area contributed by atoms with Crippen LogP contribution in [0.25, 0.3) is 0 Å². The fourth-order valence-electron chi connectivity index (χ4n) is 2.06. The van der Waals surface area contributed by atoms with Crippen molar-refractivity contribution in [2.75, 3.05) is 18.2 Å². The molecule has 1 aliphatic carbocycles. The third kappa shape index (κ3) is 2.66. The number of ether oxygens (including phenoxy) is 1. The summed E-state index contributed by atoms with van der Waals surface area (Å²) in [6.45, 7) is 0.676. The van der Waals surface area contributed by atoms with E-state index in [1.165, 1.54) is 5.56 Å². The molecule has 1 fully saturated rings. The molecule has 20 heavy (non-hydrogen) atoms. The number of rotatable bonds is 5. The Bertz CT molecular complexity index is 596. The Kier molecular flexibility index (Phi) is 3.41. The second-order valence-corrected chi connectivity index (χ2v) is 4.97. The van der Waals surface area contributed by atoms with Gasteiger partial charge < -0.3 is 15.8 Å². The number of nitrogens with zero attached hydrogens (tertiary/aromatic N) is 2. The summed E-state index contributed by atoms with van der Waals surface area (Å²) in [6.07, 6.45) is 2.29. The quantitative estimate of drug-likeness (QED) is 0.873. The molecule has 0 bridgehead atoms. The number of hydrogen-bond acceptors (Lipinski definition) is 5. The molecular weight excluding hydrogens is 252 g/mol. The van der Waals surface area contributed by atoms with Crippen LogP contribution in [0.1, 0.15) is 30.1 Å². The zero-order valence-electron chi connectivity index (χ0n) is 11.5. The molecule has 3 rings (SSSR count). The molecule has 1 saturated carbocycles. The highest BCUT2D eigenvalue weighted by Crippen LogP contribution is 2.40. The van der Waals surface area contributed by atoms with Gasteiger partial charge in [-0.1, -0.05) is 30.3 Å². The molecule has 1 aliphatic rings. The number of benzene rings is 1. The van der Waals surface area contributed by atoms with Gasteiger partial charge in [0.05, 0.1) is 7.11 Å². The van der Waals surface area contributed by atoms with Gasteiger partial charge in [-0.3, -0.25) is 0 Å². The molecule has 5 heteroatoms. The van der Waals surface area contributed by atoms with E-state index in [2.05, 4.69) is 27.4 Å². The molecule has 0 aliphatic heterocycles. The number of methoxy groups -OCH3 is 1. The maximum absolute atomic E-state index is 6.03. The Morgan fingerprint density at radius 2 is 2.00 bits per heavy atom. The first-order chi connectivity index (χ1) is 9.78. The topological polar surface area (TPSA) is 73.1 Å². The summed E-state index contributed by atoms with van der Waals surface area (Å²) < 4.78 is 5.24. The second kappa shape index (κ2) is 5.36. The summed E-state index contributed by atoms with van der Waals surface area (Å²) in [5.74, 6) is 2.40. The molecule has 1 heterocycles. The Morgan fingerprint density at radius 1 is 1.25 bits per heavy atom. The van der Waals surface area contributed by atoms with Crippen molar-refractivity contribution in [3.05, 3.63) is 41.7 Å². The Hall–Kier alpha value is -2.30. The summed E-state index contributed by atoms with van der Waals surface area (Å²) in [7, 11) is 1.58. The molecule has 2 aromatic rings. The number of aromatic nitrogens is 2. The highest BCUT2D eigenvalue weighted by molar-refractivity contribution is 5.67. The zero-order chi connectivity index (χ0) is 13.9. The van der Waals surface area contributed by atoms with Crippen LogP contribution in [-0.4, -0.2) is 17.1 Å². The predicted octanol–water partition coefficient (Wildman–Crippen LogP) is 2.56. The Balaban J connectivity index is 1.82. The normalized spacial score (nSPS) is 14.1. The van der Waals surface area contributed by atoms with E-state index in [1.54, 1.807) is 7.11 Å². The number of nitrogens with two attached hydrogens (primary N) is 1. The largest absolute Gasteiger partial charge is 0.479 e. The molecule has 0 saturated heterocycles. The van der Waals surface area contributed by atoms with Gasteiger partial charge in [0.2, 0.25) is 5.88 Å². The Labute approximate surface area is 118 Å². The predicted molar refractivity (Wildman–Crippen MR) is 78.7 cm³/mol. The van der Waals surface area contributed by atoms with Gasteiger partial charge in [-0.25, -0.2) is 4.98 Å². The minimum absolute atomic E-state index is 0.456. The molecule has 1 aromatic carbocycles. The summed E-state index contributed by atoms with van der Waals surface area (Å²) in [4.78, 5) is 8.90. The summed E-state index contributed by atoms with van der Waals surface area (Å²) in [5.41, 5.74) is 7.68. The highest BCUT2D eigenvalue weighted by Gasteiger charge is 2.28. The van der Waals surface area contributed by atoms with Crippen LogP contribution in [-0.2, 0) is 6.54 Å². The first-order valence-corrected chi connectivity index (χ1v) is 6.77. The lowest BCUT2D eigenvalue weighted by Crippen LogP contribution is -2.09. The number of nitrogens with one attached hydrogen (secondary N) is 1. The monoisotopic (exact) mass is 270 g/mol. The van der Waals surface area contributed by atoms with Gasteiger partial charge in [0.15, 0.2) is 5.82 Å². The fraction of sp³-hybridized carbons (Fsp3) is 0.333. The van der Waals surface area contributed by atoms with E-state index in [0.29, 0.717) is 29.8 Å². The molecule has 3 N–H and O–H groups in total. The third-order valence-electron chi connectivity index (χ3n) is 3.37. The number of anilines is 2. The van der Waals surface area contributed by atoms with E-state index in [9.17, 15) is 0 Å². The van der Waals surface area contributed by atoms with Gasteiger partial charge in [0.25, 0.3) is 0 Å². The van der Waals surface area contributed by atoms with Crippen LogP contribution in [0.5, 0.6) is 5.88 Å². The van der Waals surface area contributed by atoms with Gasteiger partial charge in [-0.05, 0) is 18.4 Å². The number of nitrogen functional groups attached to an aromatic ring is 1. The standard InChI is InChI=1S/C15H18N4O/c1-20-15-12(16)14(18-13(19-15)11-7-8-11)17-9-10-5-3-2-4-6-10/h2-6,11H,7-9,16H2,1H3,(H,17,18,19). The molecular formula is C15H18N4O. The zero-order valence-corrected chi connectivity index (χ0v) is 11.5. The average molecular weight is 270 g/mol. The van der Waals surface area contributed by atoms with Crippen LogP contribution >= 0.6 is 0 Å². The summed E-state index contributed by atoms with van der Waals surface area (Å²) in [5, 5.41) is 3.27. The highest BCUT2D eigenvalue weighted by atomic mass is 16.5. The van der Waals surface area contributed by atoms with Crippen LogP contribution < -0.4 is 15.8 Å². The van der Waals surface area contributed by atoms with Crippen molar-refractivity contribution >= 4 is 11.5 Å². The SMILES string of the molecule is COc1nc(C2CC2)nc(NCc2ccccc2)c1N. The number of hydrogen-bond donors (Lipinski definition) is 2. The molecule has 0 amide bonds. The van der Waals surface area contributed by atoms with E-state index >= 15 is 0 Å². The van der Waals surface area contributed by atoms with Crippen molar-refractivity contribution in [1.29, 1.82) is 0 Å². The molecule has 1 aromatic heterocycles. The Morgan fingerprint density at radius 3 is 2.65 bits per heavy atom. The summed E-state index contributed by atoms with van der Waals surface area (Å²) in [6, 6.07) is 10.1. The van der Waals surface area contributed by atoms with Crippen molar-refractivity contribution in [1.82, 2.24) is 9.97 Å². The maximum Gasteiger partial charge on any atom is 0.242 e. The van der Waals surface area contributed by atoms with Crippen LogP contribution in [0.3, 0.4) is 0 Å². The minimum Gasteiger partial charge on any atom is -0.479 e. The average Bonchev–Trinajstić information content (AvgIpc) is 3.32. The second-order valence-electron chi connectivity index (χ2n) is 4.97. The van der Waals surface area contributed by atoms with E-state index < -0.39 is 0 Å². The first-order valence-electron chi connectivity index (χ1n) is 6.77. The molecule has 5 nitrogen and oxygen atoms in total. The molecule has 0 spiro atoms. The smallest absolute Gasteiger partial charge is 0.242 e. The van der Waals surface area contributed by atoms with Crippen LogP contribution in [0.15, 0.2) is 30.3 Å². The van der Waals surface area contributed by atoms with E-state index in [1.807, 2.05) is 18.2 Å². The van der Waals surface area contributed by atoms with Crippen molar-refractivity contribution in [2.24, 2.45) is 0 Å². The molecule has 0 atom stereocenters. The van der Waals surface area contributed by atoms with Gasteiger partial charge >= 0.3 is 0 Å². The lowest BCUT2D eigenvalue weighted by Gasteiger charge is -2.12. The van der Waals surface area contributed by atoms with Crippen molar-refractivity contribution < 1.29 is 4.74 Å². The van der Waals surface area contributed by atoms with Crippen LogP contribution in [0.2, 0.25) is 0 Å². The van der Waals surface area contributed by atoms with Crippen LogP contribution in [0, 0.1) is 0 Å². The van der Waals surface area contributed by atoms with Gasteiger partial charge in [0.1, 0.15) is 11.5 Å². The molecule has 104 valence electrons. The molecule has 0 unspecified atom stereocenters.